The number of nitrogens with zero attached hydrogens (tertiary/aromatic N) is 2. The molecular formula is C17H13F4N3O2. The normalized spacial score (nSPS) is 11.6. The number of amides is 1. The number of halogens is 4. The summed E-state index contributed by atoms with van der Waals surface area (Å²) in [6.45, 7) is 0. The van der Waals surface area contributed by atoms with Crippen molar-refractivity contribution < 1.29 is 26.9 Å². The largest absolute Gasteiger partial charge is 0.419 e. The number of carbonyl (C=O) groups excluding carboxylic acids is 1. The van der Waals surface area contributed by atoms with Gasteiger partial charge in [-0.1, -0.05) is 17.3 Å². The van der Waals surface area contributed by atoms with E-state index in [0.29, 0.717) is 22.7 Å². The van der Waals surface area contributed by atoms with Crippen LogP contribution in [0.5, 0.6) is 0 Å². The highest BCUT2D eigenvalue weighted by Gasteiger charge is 2.35. The summed E-state index contributed by atoms with van der Waals surface area (Å²) < 4.78 is 57.7. The first kappa shape index (κ1) is 17.7. The monoisotopic (exact) mass is 367 g/mol. The van der Waals surface area contributed by atoms with E-state index >= 15 is 0 Å². The zero-order valence-corrected chi connectivity index (χ0v) is 13.7. The fourth-order valence-corrected chi connectivity index (χ4v) is 2.53. The molecule has 2 aromatic carbocycles. The zero-order chi connectivity index (χ0) is 19.1. The van der Waals surface area contributed by atoms with Gasteiger partial charge >= 0.3 is 6.18 Å². The van der Waals surface area contributed by atoms with Crippen LogP contribution in [-0.4, -0.2) is 25.2 Å². The molecule has 3 rings (SSSR count). The third-order valence-corrected chi connectivity index (χ3v) is 3.74. The van der Waals surface area contributed by atoms with Crippen LogP contribution >= 0.6 is 0 Å². The molecule has 0 radical (unpaired) electrons. The first-order chi connectivity index (χ1) is 12.2. The molecule has 0 bridgehead atoms. The molecule has 0 atom stereocenters. The molecule has 1 amide bonds. The minimum absolute atomic E-state index is 0.00823. The topological polar surface area (TPSA) is 58.4 Å². The molecule has 1 heterocycles. The van der Waals surface area contributed by atoms with E-state index in [1.807, 2.05) is 0 Å². The summed E-state index contributed by atoms with van der Waals surface area (Å²) in [5.74, 6) is -2.71. The summed E-state index contributed by atoms with van der Waals surface area (Å²) in [4.78, 5) is 14.1. The Balaban J connectivity index is 2.01. The molecule has 26 heavy (non-hydrogen) atoms. The lowest BCUT2D eigenvalue weighted by Crippen LogP contribution is -2.18. The fraction of sp³-hybridized carbons (Fsp3) is 0.176. The summed E-state index contributed by atoms with van der Waals surface area (Å²) in [5, 5.41) is 6.50. The van der Waals surface area contributed by atoms with Crippen LogP contribution in [0.1, 0.15) is 15.9 Å². The highest BCUT2D eigenvalue weighted by molar-refractivity contribution is 6.10. The lowest BCUT2D eigenvalue weighted by molar-refractivity contribution is -0.140. The number of rotatable bonds is 3. The molecule has 3 aromatic rings. The SMILES string of the molecule is CN(C)c1cccc2onc(NC(=O)c3cccc(C(F)(F)F)c3F)c12. The van der Waals surface area contributed by atoms with Gasteiger partial charge in [-0.2, -0.15) is 13.2 Å². The number of benzene rings is 2. The van der Waals surface area contributed by atoms with Crippen molar-refractivity contribution in [3.05, 3.63) is 53.3 Å². The van der Waals surface area contributed by atoms with E-state index in [0.717, 1.165) is 12.1 Å². The number of anilines is 2. The van der Waals surface area contributed by atoms with E-state index in [1.54, 1.807) is 37.2 Å². The zero-order valence-electron chi connectivity index (χ0n) is 13.7. The maximum absolute atomic E-state index is 14.1. The van der Waals surface area contributed by atoms with E-state index in [1.165, 1.54) is 0 Å². The number of hydrogen-bond donors (Lipinski definition) is 1. The molecule has 1 aromatic heterocycles. The second-order valence-electron chi connectivity index (χ2n) is 5.69. The third kappa shape index (κ3) is 3.07. The Bertz CT molecular complexity index is 980. The molecular weight excluding hydrogens is 354 g/mol. The van der Waals surface area contributed by atoms with Gasteiger partial charge in [-0.25, -0.2) is 4.39 Å². The van der Waals surface area contributed by atoms with Crippen molar-refractivity contribution in [3.63, 3.8) is 0 Å². The van der Waals surface area contributed by atoms with Gasteiger partial charge in [0.2, 0.25) is 0 Å². The van der Waals surface area contributed by atoms with Gasteiger partial charge in [-0.3, -0.25) is 4.79 Å². The van der Waals surface area contributed by atoms with Crippen molar-refractivity contribution in [2.45, 2.75) is 6.18 Å². The van der Waals surface area contributed by atoms with Crippen molar-refractivity contribution >= 4 is 28.4 Å². The van der Waals surface area contributed by atoms with Crippen LogP contribution in [0.3, 0.4) is 0 Å². The van der Waals surface area contributed by atoms with Crippen molar-refractivity contribution in [3.8, 4) is 0 Å². The standard InChI is InChI=1S/C17H13F4N3O2/c1-24(2)11-7-4-8-12-13(11)15(23-26-12)22-16(25)9-5-3-6-10(14(9)18)17(19,20)21/h3-8H,1-2H3,(H,22,23,25). The fourth-order valence-electron chi connectivity index (χ4n) is 2.53. The highest BCUT2D eigenvalue weighted by atomic mass is 19.4. The molecule has 0 aliphatic carbocycles. The van der Waals surface area contributed by atoms with Gasteiger partial charge in [0.25, 0.3) is 5.91 Å². The van der Waals surface area contributed by atoms with Gasteiger partial charge in [0.15, 0.2) is 11.4 Å². The lowest BCUT2D eigenvalue weighted by atomic mass is 10.1. The number of nitrogens with one attached hydrogen (secondary N) is 1. The summed E-state index contributed by atoms with van der Waals surface area (Å²) in [6.07, 6.45) is -4.90. The molecule has 0 aliphatic rings. The Morgan fingerprint density at radius 2 is 1.85 bits per heavy atom. The van der Waals surface area contributed by atoms with Gasteiger partial charge in [0.05, 0.1) is 22.2 Å². The number of carbonyl (C=O) groups is 1. The Labute approximate surface area is 145 Å². The Hall–Kier alpha value is -3.10. The van der Waals surface area contributed by atoms with Crippen LogP contribution in [0.4, 0.5) is 29.1 Å². The molecule has 0 aliphatic heterocycles. The second-order valence-corrected chi connectivity index (χ2v) is 5.69. The van der Waals surface area contributed by atoms with Gasteiger partial charge in [-0.15, -0.1) is 0 Å². The first-order valence-electron chi connectivity index (χ1n) is 7.43. The van der Waals surface area contributed by atoms with E-state index in [-0.39, 0.29) is 5.82 Å². The van der Waals surface area contributed by atoms with Gasteiger partial charge < -0.3 is 14.7 Å². The molecule has 0 saturated heterocycles. The van der Waals surface area contributed by atoms with Crippen LogP contribution in [0, 0.1) is 5.82 Å². The van der Waals surface area contributed by atoms with Crippen LogP contribution < -0.4 is 10.2 Å². The summed E-state index contributed by atoms with van der Waals surface area (Å²) in [7, 11) is 3.53. The van der Waals surface area contributed by atoms with Crippen molar-refractivity contribution in [2.75, 3.05) is 24.3 Å². The van der Waals surface area contributed by atoms with Crippen LogP contribution in [0.15, 0.2) is 40.9 Å². The van der Waals surface area contributed by atoms with Crippen LogP contribution in [0.25, 0.3) is 11.0 Å². The molecule has 0 saturated carbocycles. The Kier molecular flexibility index (Phi) is 4.31. The second kappa shape index (κ2) is 6.32. The van der Waals surface area contributed by atoms with Gasteiger partial charge in [-0.05, 0) is 24.3 Å². The van der Waals surface area contributed by atoms with E-state index in [4.69, 9.17) is 4.52 Å². The van der Waals surface area contributed by atoms with Crippen molar-refractivity contribution in [2.24, 2.45) is 0 Å². The molecule has 1 N–H and O–H groups in total. The average molecular weight is 367 g/mol. The van der Waals surface area contributed by atoms with Crippen molar-refractivity contribution in [1.82, 2.24) is 5.16 Å². The smallest absolute Gasteiger partial charge is 0.377 e. The van der Waals surface area contributed by atoms with Crippen molar-refractivity contribution in [1.29, 1.82) is 0 Å². The third-order valence-electron chi connectivity index (χ3n) is 3.74. The predicted octanol–water partition coefficient (Wildman–Crippen LogP) is 4.30. The van der Waals surface area contributed by atoms with E-state index < -0.39 is 29.0 Å². The van der Waals surface area contributed by atoms with E-state index in [2.05, 4.69) is 10.5 Å². The molecule has 9 heteroatoms. The number of hydrogen-bond acceptors (Lipinski definition) is 4. The number of fused-ring (bicyclic) bond motifs is 1. The summed E-state index contributed by atoms with van der Waals surface area (Å²) >= 11 is 0. The minimum Gasteiger partial charge on any atom is -0.377 e. The predicted molar refractivity (Wildman–Crippen MR) is 87.7 cm³/mol. The molecule has 0 fully saturated rings. The highest BCUT2D eigenvalue weighted by Crippen LogP contribution is 2.34. The number of alkyl halides is 3. The quantitative estimate of drug-likeness (QED) is 0.701. The van der Waals surface area contributed by atoms with Crippen LogP contribution in [-0.2, 0) is 6.18 Å². The Morgan fingerprint density at radius 3 is 2.50 bits per heavy atom. The Morgan fingerprint density at radius 1 is 1.15 bits per heavy atom. The molecule has 5 nitrogen and oxygen atoms in total. The molecule has 136 valence electrons. The van der Waals surface area contributed by atoms with E-state index in [9.17, 15) is 22.4 Å². The molecule has 0 spiro atoms. The number of aromatic nitrogens is 1. The van der Waals surface area contributed by atoms with Crippen LogP contribution in [0.2, 0.25) is 0 Å². The maximum atomic E-state index is 14.1. The minimum atomic E-state index is -4.90. The average Bonchev–Trinajstić information content (AvgIpc) is 2.96. The lowest BCUT2D eigenvalue weighted by Gasteiger charge is -2.14. The summed E-state index contributed by atoms with van der Waals surface area (Å²) in [6, 6.07) is 7.60. The maximum Gasteiger partial charge on any atom is 0.419 e. The summed E-state index contributed by atoms with van der Waals surface area (Å²) in [5.41, 5.74) is -1.21. The molecule has 0 unspecified atom stereocenters. The van der Waals surface area contributed by atoms with Gasteiger partial charge in [0.1, 0.15) is 5.82 Å². The first-order valence-corrected chi connectivity index (χ1v) is 7.43. The van der Waals surface area contributed by atoms with Gasteiger partial charge in [0, 0.05) is 14.1 Å².